The Balaban J connectivity index is 1.37. The van der Waals surface area contributed by atoms with Crippen LogP contribution in [-0.2, 0) is 4.79 Å². The van der Waals surface area contributed by atoms with E-state index in [9.17, 15) is 22.4 Å². The van der Waals surface area contributed by atoms with Crippen molar-refractivity contribution in [2.45, 2.75) is 51.2 Å². The number of likely N-dealkylation sites (N-methyl/N-ethyl adjacent to an activating group) is 2. The van der Waals surface area contributed by atoms with Gasteiger partial charge in [-0.2, -0.15) is 4.98 Å². The lowest BCUT2D eigenvalue weighted by atomic mass is 9.89. The molecule has 0 bridgehead atoms. The van der Waals surface area contributed by atoms with E-state index in [1.165, 1.54) is 6.07 Å². The van der Waals surface area contributed by atoms with Crippen LogP contribution < -0.4 is 24.6 Å². The first-order chi connectivity index (χ1) is 15.4. The van der Waals surface area contributed by atoms with Gasteiger partial charge in [0.25, 0.3) is 0 Å². The molecule has 1 aliphatic heterocycles. The van der Waals surface area contributed by atoms with E-state index in [1.807, 2.05) is 25.8 Å². The molecular formula is C21H23F4N5O3. The predicted molar refractivity (Wildman–Crippen MR) is 112 cm³/mol. The van der Waals surface area contributed by atoms with E-state index in [-0.39, 0.29) is 29.8 Å². The number of carbonyl (C=O) groups is 1. The maximum atomic E-state index is 13.8. The molecule has 12 heteroatoms. The van der Waals surface area contributed by atoms with Gasteiger partial charge in [-0.25, -0.2) is 9.37 Å². The van der Waals surface area contributed by atoms with Gasteiger partial charge in [-0.15, -0.1) is 13.2 Å². The molecule has 2 aromatic rings. The molecule has 0 unspecified atom stereocenters. The molecule has 1 fully saturated rings. The SMILES string of the molecule is Cc1nc(N[C@H]2C[C@H](Oc3ccc(OC(F)(F)F)c(F)c3)C2)nc2c1N(C)C(=O)[C@H](C)N2C. The second-order valence-electron chi connectivity index (χ2n) is 8.18. The second kappa shape index (κ2) is 8.23. The number of nitrogens with zero attached hydrogens (tertiary/aromatic N) is 4. The maximum absolute atomic E-state index is 13.8. The lowest BCUT2D eigenvalue weighted by Crippen LogP contribution is -2.50. The highest BCUT2D eigenvalue weighted by molar-refractivity contribution is 6.04. The molecule has 0 spiro atoms. The Bertz CT molecular complexity index is 1070. The molecular weight excluding hydrogens is 446 g/mol. The van der Waals surface area contributed by atoms with Gasteiger partial charge in [0, 0.05) is 39.0 Å². The summed E-state index contributed by atoms with van der Waals surface area (Å²) in [6, 6.07) is 2.65. The van der Waals surface area contributed by atoms with Gasteiger partial charge in [0.15, 0.2) is 17.4 Å². The van der Waals surface area contributed by atoms with E-state index in [1.54, 1.807) is 11.9 Å². The van der Waals surface area contributed by atoms with Crippen LogP contribution in [0.4, 0.5) is 35.0 Å². The van der Waals surface area contributed by atoms with Crippen LogP contribution in [-0.4, -0.2) is 54.5 Å². The zero-order valence-electron chi connectivity index (χ0n) is 18.4. The van der Waals surface area contributed by atoms with Crippen molar-refractivity contribution < 1.29 is 31.8 Å². The first-order valence-corrected chi connectivity index (χ1v) is 10.3. The van der Waals surface area contributed by atoms with Crippen molar-refractivity contribution in [3.63, 3.8) is 0 Å². The molecule has 1 atom stereocenters. The Morgan fingerprint density at radius 2 is 1.88 bits per heavy atom. The Morgan fingerprint density at radius 1 is 1.18 bits per heavy atom. The van der Waals surface area contributed by atoms with E-state index >= 15 is 0 Å². The van der Waals surface area contributed by atoms with Gasteiger partial charge in [0.2, 0.25) is 11.9 Å². The highest BCUT2D eigenvalue weighted by Gasteiger charge is 2.36. The summed E-state index contributed by atoms with van der Waals surface area (Å²) in [6.45, 7) is 3.62. The van der Waals surface area contributed by atoms with Crippen molar-refractivity contribution in [3.8, 4) is 11.5 Å². The lowest BCUT2D eigenvalue weighted by Gasteiger charge is -2.38. The quantitative estimate of drug-likeness (QED) is 0.670. The summed E-state index contributed by atoms with van der Waals surface area (Å²) in [5, 5.41) is 3.24. The number of fused-ring (bicyclic) bond motifs is 1. The number of halogens is 4. The number of hydrogen-bond donors (Lipinski definition) is 1. The third-order valence-corrected chi connectivity index (χ3v) is 5.84. The van der Waals surface area contributed by atoms with Crippen molar-refractivity contribution in [1.29, 1.82) is 0 Å². The van der Waals surface area contributed by atoms with Gasteiger partial charge >= 0.3 is 6.36 Å². The maximum Gasteiger partial charge on any atom is 0.573 e. The minimum absolute atomic E-state index is 0.0100. The number of carbonyl (C=O) groups excluding carboxylic acids is 1. The summed E-state index contributed by atoms with van der Waals surface area (Å²) in [5.41, 5.74) is 1.34. The third-order valence-electron chi connectivity index (χ3n) is 5.84. The van der Waals surface area contributed by atoms with Crippen LogP contribution in [0.15, 0.2) is 18.2 Å². The number of rotatable bonds is 5. The van der Waals surface area contributed by atoms with Gasteiger partial charge in [0.1, 0.15) is 23.6 Å². The largest absolute Gasteiger partial charge is 0.573 e. The molecule has 1 aromatic heterocycles. The van der Waals surface area contributed by atoms with Crippen LogP contribution in [0.1, 0.15) is 25.5 Å². The van der Waals surface area contributed by atoms with E-state index in [4.69, 9.17) is 4.74 Å². The molecule has 8 nitrogen and oxygen atoms in total. The van der Waals surface area contributed by atoms with E-state index in [2.05, 4.69) is 20.0 Å². The molecule has 1 saturated carbocycles. The number of aromatic nitrogens is 2. The fourth-order valence-corrected chi connectivity index (χ4v) is 3.91. The number of amides is 1. The topological polar surface area (TPSA) is 79.8 Å². The van der Waals surface area contributed by atoms with Crippen molar-refractivity contribution in [3.05, 3.63) is 29.7 Å². The number of hydrogen-bond acceptors (Lipinski definition) is 7. The van der Waals surface area contributed by atoms with Crippen molar-refractivity contribution in [2.75, 3.05) is 29.2 Å². The van der Waals surface area contributed by atoms with Gasteiger partial charge in [-0.3, -0.25) is 4.79 Å². The number of ether oxygens (including phenoxy) is 2. The first kappa shape index (κ1) is 22.9. The molecule has 1 amide bonds. The van der Waals surface area contributed by atoms with Crippen LogP contribution in [0.2, 0.25) is 0 Å². The van der Waals surface area contributed by atoms with Crippen LogP contribution in [0.3, 0.4) is 0 Å². The van der Waals surface area contributed by atoms with E-state index in [0.717, 1.165) is 12.1 Å². The Kier molecular flexibility index (Phi) is 5.71. The fraction of sp³-hybridized carbons (Fsp3) is 0.476. The number of alkyl halides is 3. The highest BCUT2D eigenvalue weighted by Crippen LogP contribution is 2.37. The zero-order chi connectivity index (χ0) is 24.1. The first-order valence-electron chi connectivity index (χ1n) is 10.3. The van der Waals surface area contributed by atoms with Gasteiger partial charge in [-0.1, -0.05) is 0 Å². The minimum Gasteiger partial charge on any atom is -0.490 e. The van der Waals surface area contributed by atoms with Crippen molar-refractivity contribution in [1.82, 2.24) is 9.97 Å². The molecule has 33 heavy (non-hydrogen) atoms. The molecule has 1 N–H and O–H groups in total. The third kappa shape index (κ3) is 4.60. The Morgan fingerprint density at radius 3 is 2.52 bits per heavy atom. The van der Waals surface area contributed by atoms with E-state index in [0.29, 0.717) is 36.0 Å². The molecule has 2 aliphatic rings. The number of aryl methyl sites for hydroxylation is 1. The van der Waals surface area contributed by atoms with Crippen molar-refractivity contribution >= 4 is 23.4 Å². The summed E-state index contributed by atoms with van der Waals surface area (Å²) < 4.78 is 59.9. The van der Waals surface area contributed by atoms with Crippen molar-refractivity contribution in [2.24, 2.45) is 0 Å². The van der Waals surface area contributed by atoms with E-state index < -0.39 is 17.9 Å². The number of anilines is 3. The average Bonchev–Trinajstić information content (AvgIpc) is 2.69. The normalized spacial score (nSPS) is 22.5. The molecule has 1 aromatic carbocycles. The van der Waals surface area contributed by atoms with Crippen LogP contribution in [0, 0.1) is 12.7 Å². The Hall–Kier alpha value is -3.31. The lowest BCUT2D eigenvalue weighted by molar-refractivity contribution is -0.275. The molecule has 4 rings (SSSR count). The molecule has 178 valence electrons. The summed E-state index contributed by atoms with van der Waals surface area (Å²) in [6.07, 6.45) is -4.05. The zero-order valence-corrected chi connectivity index (χ0v) is 18.4. The summed E-state index contributed by atoms with van der Waals surface area (Å²) >= 11 is 0. The number of nitrogens with one attached hydrogen (secondary N) is 1. The Labute approximate surface area is 187 Å². The fourth-order valence-electron chi connectivity index (χ4n) is 3.91. The van der Waals surface area contributed by atoms with Crippen LogP contribution in [0.5, 0.6) is 11.5 Å². The van der Waals surface area contributed by atoms with Gasteiger partial charge in [0.05, 0.1) is 5.69 Å². The molecule has 0 saturated heterocycles. The molecule has 2 heterocycles. The van der Waals surface area contributed by atoms with Gasteiger partial charge in [-0.05, 0) is 26.0 Å². The summed E-state index contributed by atoms with van der Waals surface area (Å²) in [7, 11) is 3.51. The smallest absolute Gasteiger partial charge is 0.490 e. The monoisotopic (exact) mass is 469 g/mol. The summed E-state index contributed by atoms with van der Waals surface area (Å²) in [5.74, 6) is -0.895. The van der Waals surface area contributed by atoms with Crippen LogP contribution in [0.25, 0.3) is 0 Å². The van der Waals surface area contributed by atoms with Gasteiger partial charge < -0.3 is 24.6 Å². The highest BCUT2D eigenvalue weighted by atomic mass is 19.4. The minimum atomic E-state index is -4.97. The molecule has 0 radical (unpaired) electrons. The number of benzene rings is 1. The average molecular weight is 469 g/mol. The second-order valence-corrected chi connectivity index (χ2v) is 8.18. The summed E-state index contributed by atoms with van der Waals surface area (Å²) in [4.78, 5) is 24.8. The standard InChI is InChI=1S/C21H23F4N5O3/c1-10-17-18(29(3)11(2)19(31)30(17)4)28-20(26-10)27-12-7-14(8-12)32-13-5-6-16(15(22)9-13)33-21(23,24)25/h5-6,9,11-12,14H,7-8H2,1-4H3,(H,26,27,28)/t11-,12-,14-/m0/s1. The van der Waals surface area contributed by atoms with Crippen LogP contribution >= 0.6 is 0 Å². The molecule has 1 aliphatic carbocycles. The predicted octanol–water partition coefficient (Wildman–Crippen LogP) is 3.65.